The highest BCUT2D eigenvalue weighted by Crippen LogP contribution is 2.25. The third kappa shape index (κ3) is 3.00. The first-order valence-electron chi connectivity index (χ1n) is 6.17. The smallest absolute Gasteiger partial charge is 0.294 e. The summed E-state index contributed by atoms with van der Waals surface area (Å²) in [5.74, 6) is 4.91. The molecule has 0 aliphatic heterocycles. The molecule has 7 heteroatoms. The summed E-state index contributed by atoms with van der Waals surface area (Å²) in [4.78, 5) is 22.3. The maximum atomic E-state index is 12.0. The first-order valence-corrected chi connectivity index (χ1v) is 6.17. The molecule has 1 aliphatic carbocycles. The van der Waals surface area contributed by atoms with Crippen LogP contribution >= 0.6 is 0 Å². The van der Waals surface area contributed by atoms with Crippen LogP contribution < -0.4 is 16.6 Å². The van der Waals surface area contributed by atoms with Crippen LogP contribution in [0.4, 0.5) is 11.4 Å². The number of hydrogen-bond donors (Lipinski definition) is 3. The van der Waals surface area contributed by atoms with Gasteiger partial charge in [0, 0.05) is 17.7 Å². The molecule has 1 fully saturated rings. The zero-order chi connectivity index (χ0) is 13.8. The average molecular weight is 264 g/mol. The second-order valence-corrected chi connectivity index (χ2v) is 4.59. The molecule has 102 valence electrons. The Kier molecular flexibility index (Phi) is 3.96. The van der Waals surface area contributed by atoms with Crippen molar-refractivity contribution in [2.24, 2.45) is 5.84 Å². The van der Waals surface area contributed by atoms with Crippen LogP contribution in [0.2, 0.25) is 0 Å². The van der Waals surface area contributed by atoms with Crippen LogP contribution in [0.3, 0.4) is 0 Å². The van der Waals surface area contributed by atoms with Crippen LogP contribution in [0.1, 0.15) is 36.0 Å². The fourth-order valence-corrected chi connectivity index (χ4v) is 2.28. The van der Waals surface area contributed by atoms with E-state index < -0.39 is 4.92 Å². The molecule has 2 rings (SSSR count). The minimum atomic E-state index is -0.568. The molecule has 0 heterocycles. The van der Waals surface area contributed by atoms with Crippen molar-refractivity contribution < 1.29 is 9.72 Å². The van der Waals surface area contributed by atoms with E-state index in [1.54, 1.807) is 0 Å². The number of nitro groups is 1. The van der Waals surface area contributed by atoms with Gasteiger partial charge >= 0.3 is 0 Å². The molecule has 1 aromatic rings. The van der Waals surface area contributed by atoms with Gasteiger partial charge in [0.15, 0.2) is 0 Å². The van der Waals surface area contributed by atoms with Crippen molar-refractivity contribution in [2.45, 2.75) is 31.7 Å². The van der Waals surface area contributed by atoms with Gasteiger partial charge in [-0.3, -0.25) is 20.8 Å². The molecule has 1 saturated carbocycles. The van der Waals surface area contributed by atoms with Gasteiger partial charge < -0.3 is 10.7 Å². The van der Waals surface area contributed by atoms with E-state index >= 15 is 0 Å². The number of benzene rings is 1. The largest absolute Gasteiger partial charge is 0.349 e. The molecule has 0 saturated heterocycles. The van der Waals surface area contributed by atoms with Crippen molar-refractivity contribution in [3.63, 3.8) is 0 Å². The Balaban J connectivity index is 2.17. The average Bonchev–Trinajstić information content (AvgIpc) is 2.90. The van der Waals surface area contributed by atoms with Gasteiger partial charge in [-0.2, -0.15) is 0 Å². The Morgan fingerprint density at radius 1 is 1.37 bits per heavy atom. The van der Waals surface area contributed by atoms with Crippen molar-refractivity contribution >= 4 is 17.3 Å². The van der Waals surface area contributed by atoms with E-state index in [1.165, 1.54) is 18.2 Å². The minimum absolute atomic E-state index is 0.180. The van der Waals surface area contributed by atoms with Gasteiger partial charge in [0.25, 0.3) is 11.6 Å². The van der Waals surface area contributed by atoms with Crippen LogP contribution in [-0.4, -0.2) is 16.9 Å². The molecule has 1 aliphatic rings. The van der Waals surface area contributed by atoms with E-state index in [2.05, 4.69) is 10.7 Å². The molecule has 0 aromatic heterocycles. The molecule has 0 unspecified atom stereocenters. The highest BCUT2D eigenvalue weighted by molar-refractivity contribution is 5.95. The lowest BCUT2D eigenvalue weighted by Crippen LogP contribution is -2.32. The summed E-state index contributed by atoms with van der Waals surface area (Å²) in [6.07, 6.45) is 4.16. The number of nitrogen functional groups attached to an aromatic ring is 1. The summed E-state index contributed by atoms with van der Waals surface area (Å²) in [5.41, 5.74) is 2.49. The lowest BCUT2D eigenvalue weighted by molar-refractivity contribution is -0.384. The molecule has 1 amide bonds. The molecular formula is C12H16N4O3. The van der Waals surface area contributed by atoms with Gasteiger partial charge in [-0.15, -0.1) is 0 Å². The number of rotatable bonds is 4. The van der Waals surface area contributed by atoms with Crippen molar-refractivity contribution in [3.8, 4) is 0 Å². The summed E-state index contributed by atoms with van der Waals surface area (Å²) in [7, 11) is 0. The van der Waals surface area contributed by atoms with Crippen molar-refractivity contribution in [1.29, 1.82) is 0 Å². The van der Waals surface area contributed by atoms with E-state index in [0.717, 1.165) is 25.7 Å². The topological polar surface area (TPSA) is 110 Å². The van der Waals surface area contributed by atoms with E-state index in [0.29, 0.717) is 0 Å². The Hall–Kier alpha value is -2.15. The Morgan fingerprint density at radius 3 is 2.63 bits per heavy atom. The van der Waals surface area contributed by atoms with Gasteiger partial charge in [-0.25, -0.2) is 0 Å². The fraction of sp³-hybridized carbons (Fsp3) is 0.417. The summed E-state index contributed by atoms with van der Waals surface area (Å²) >= 11 is 0. The van der Waals surface area contributed by atoms with E-state index in [4.69, 9.17) is 5.84 Å². The summed E-state index contributed by atoms with van der Waals surface area (Å²) in [6, 6.07) is 4.37. The quantitative estimate of drug-likeness (QED) is 0.434. The number of anilines is 1. The predicted octanol–water partition coefficient (Wildman–Crippen LogP) is 1.55. The maximum Gasteiger partial charge on any atom is 0.294 e. The molecule has 0 atom stereocenters. The summed E-state index contributed by atoms with van der Waals surface area (Å²) in [6.45, 7) is 0. The number of nitro benzene ring substituents is 1. The van der Waals surface area contributed by atoms with Crippen LogP contribution in [0.15, 0.2) is 18.2 Å². The Labute approximate surface area is 110 Å². The molecule has 0 radical (unpaired) electrons. The van der Waals surface area contributed by atoms with Crippen molar-refractivity contribution in [2.75, 3.05) is 5.43 Å². The van der Waals surface area contributed by atoms with Gasteiger partial charge in [0.2, 0.25) is 0 Å². The summed E-state index contributed by atoms with van der Waals surface area (Å²) in [5, 5.41) is 13.8. The summed E-state index contributed by atoms with van der Waals surface area (Å²) < 4.78 is 0. The monoisotopic (exact) mass is 264 g/mol. The van der Waals surface area contributed by atoms with E-state index in [-0.39, 0.29) is 28.9 Å². The third-order valence-electron chi connectivity index (χ3n) is 3.30. The van der Waals surface area contributed by atoms with Gasteiger partial charge in [-0.05, 0) is 25.0 Å². The first kappa shape index (κ1) is 13.3. The molecule has 19 heavy (non-hydrogen) atoms. The number of carbonyl (C=O) groups is 1. The number of nitrogens with two attached hydrogens (primary N) is 1. The third-order valence-corrected chi connectivity index (χ3v) is 3.30. The van der Waals surface area contributed by atoms with Crippen LogP contribution in [0, 0.1) is 10.1 Å². The minimum Gasteiger partial charge on any atom is -0.349 e. The highest BCUT2D eigenvalue weighted by Gasteiger charge is 2.20. The second-order valence-electron chi connectivity index (χ2n) is 4.59. The lowest BCUT2D eigenvalue weighted by atomic mass is 10.1. The number of nitrogens with zero attached hydrogens (tertiary/aromatic N) is 1. The zero-order valence-corrected chi connectivity index (χ0v) is 10.4. The number of carbonyl (C=O) groups excluding carboxylic acids is 1. The van der Waals surface area contributed by atoms with Gasteiger partial charge in [-0.1, -0.05) is 12.8 Å². The molecule has 1 aromatic carbocycles. The normalized spacial score (nSPS) is 15.2. The highest BCUT2D eigenvalue weighted by atomic mass is 16.6. The van der Waals surface area contributed by atoms with Crippen molar-refractivity contribution in [1.82, 2.24) is 5.32 Å². The van der Waals surface area contributed by atoms with Crippen molar-refractivity contribution in [3.05, 3.63) is 33.9 Å². The number of nitrogens with one attached hydrogen (secondary N) is 2. The van der Waals surface area contributed by atoms with Gasteiger partial charge in [0.05, 0.1) is 4.92 Å². The number of hydrazine groups is 1. The molecule has 0 bridgehead atoms. The molecule has 4 N–H and O–H groups in total. The lowest BCUT2D eigenvalue weighted by Gasteiger charge is -2.12. The van der Waals surface area contributed by atoms with E-state index in [1.807, 2.05) is 0 Å². The van der Waals surface area contributed by atoms with Crippen LogP contribution in [0.5, 0.6) is 0 Å². The van der Waals surface area contributed by atoms with Crippen LogP contribution in [-0.2, 0) is 0 Å². The maximum absolute atomic E-state index is 12.0. The fourth-order valence-electron chi connectivity index (χ4n) is 2.28. The number of hydrogen-bond acceptors (Lipinski definition) is 5. The SMILES string of the molecule is NNc1ccc(C(=O)NC2CCCC2)cc1[N+](=O)[O-]. The standard InChI is InChI=1S/C12H16N4O3/c13-15-10-6-5-8(7-11(10)16(18)19)12(17)14-9-3-1-2-4-9/h5-7,9,15H,1-4,13H2,(H,14,17). The first-order chi connectivity index (χ1) is 9.11. The predicted molar refractivity (Wildman–Crippen MR) is 70.6 cm³/mol. The second kappa shape index (κ2) is 5.66. The number of amides is 1. The molecular weight excluding hydrogens is 248 g/mol. The Morgan fingerprint density at radius 2 is 2.05 bits per heavy atom. The van der Waals surface area contributed by atoms with E-state index in [9.17, 15) is 14.9 Å². The van der Waals surface area contributed by atoms with Crippen LogP contribution in [0.25, 0.3) is 0 Å². The molecule has 7 nitrogen and oxygen atoms in total. The molecule has 0 spiro atoms. The zero-order valence-electron chi connectivity index (χ0n) is 10.4. The Bertz CT molecular complexity index is 498. The van der Waals surface area contributed by atoms with Gasteiger partial charge in [0.1, 0.15) is 5.69 Å².